The van der Waals surface area contributed by atoms with Crippen LogP contribution in [0.5, 0.6) is 0 Å². The molecule has 1 saturated carbocycles. The molecule has 0 spiro atoms. The zero-order valence-electron chi connectivity index (χ0n) is 7.92. The average Bonchev–Trinajstić information content (AvgIpc) is 2.19. The Balaban J connectivity index is 2.62. The Morgan fingerprint density at radius 2 is 1.85 bits per heavy atom. The lowest BCUT2D eigenvalue weighted by Gasteiger charge is -2.33. The van der Waals surface area contributed by atoms with Crippen LogP contribution in [0.4, 0.5) is 0 Å². The Morgan fingerprint density at radius 3 is 2.31 bits per heavy atom. The summed E-state index contributed by atoms with van der Waals surface area (Å²) in [6.45, 7) is 7.12. The lowest BCUT2D eigenvalue weighted by atomic mass is 9.85. The van der Waals surface area contributed by atoms with Crippen LogP contribution in [-0.4, -0.2) is 11.6 Å². The highest BCUT2D eigenvalue weighted by molar-refractivity contribution is 5.81. The van der Waals surface area contributed by atoms with E-state index in [4.69, 9.17) is 4.74 Å². The van der Waals surface area contributed by atoms with E-state index in [1.807, 2.05) is 0 Å². The SMILES string of the molecule is C=CC(=O)OC1(C=C)CCCCC1. The first-order valence-corrected chi connectivity index (χ1v) is 4.71. The van der Waals surface area contributed by atoms with Gasteiger partial charge in [-0.2, -0.15) is 0 Å². The Kier molecular flexibility index (Phi) is 3.29. The smallest absolute Gasteiger partial charge is 0.331 e. The number of rotatable bonds is 3. The van der Waals surface area contributed by atoms with Crippen molar-refractivity contribution in [1.82, 2.24) is 0 Å². The first kappa shape index (κ1) is 10.0. The number of carbonyl (C=O) groups is 1. The molecule has 72 valence electrons. The van der Waals surface area contributed by atoms with Gasteiger partial charge in [-0.3, -0.25) is 0 Å². The highest BCUT2D eigenvalue weighted by atomic mass is 16.6. The van der Waals surface area contributed by atoms with Crippen molar-refractivity contribution in [3.63, 3.8) is 0 Å². The number of hydrogen-bond donors (Lipinski definition) is 0. The zero-order valence-corrected chi connectivity index (χ0v) is 7.92. The van der Waals surface area contributed by atoms with Gasteiger partial charge in [0.25, 0.3) is 0 Å². The van der Waals surface area contributed by atoms with Gasteiger partial charge in [-0.25, -0.2) is 4.79 Å². The molecule has 0 amide bonds. The lowest BCUT2D eigenvalue weighted by molar-refractivity contribution is -0.151. The second-order valence-electron chi connectivity index (χ2n) is 3.45. The normalized spacial score (nSPS) is 20.3. The van der Waals surface area contributed by atoms with Crippen LogP contribution >= 0.6 is 0 Å². The predicted octanol–water partition coefficient (Wildman–Crippen LogP) is 2.60. The summed E-state index contributed by atoms with van der Waals surface area (Å²) in [5, 5.41) is 0. The summed E-state index contributed by atoms with van der Waals surface area (Å²) in [7, 11) is 0. The fourth-order valence-corrected chi connectivity index (χ4v) is 1.74. The van der Waals surface area contributed by atoms with Gasteiger partial charge in [0, 0.05) is 6.08 Å². The van der Waals surface area contributed by atoms with Crippen LogP contribution in [-0.2, 0) is 9.53 Å². The third-order valence-corrected chi connectivity index (χ3v) is 2.54. The van der Waals surface area contributed by atoms with E-state index in [1.54, 1.807) is 6.08 Å². The van der Waals surface area contributed by atoms with Crippen LogP contribution in [0.2, 0.25) is 0 Å². The largest absolute Gasteiger partial charge is 0.452 e. The summed E-state index contributed by atoms with van der Waals surface area (Å²) in [5.74, 6) is -0.346. The number of carbonyl (C=O) groups excluding carboxylic acids is 1. The van der Waals surface area contributed by atoms with Crippen LogP contribution in [0, 0.1) is 0 Å². The molecule has 1 aliphatic carbocycles. The van der Waals surface area contributed by atoms with Gasteiger partial charge in [0.1, 0.15) is 5.60 Å². The Hall–Kier alpha value is -1.05. The first-order valence-electron chi connectivity index (χ1n) is 4.71. The van der Waals surface area contributed by atoms with Gasteiger partial charge in [-0.1, -0.05) is 19.6 Å². The molecule has 0 atom stereocenters. The van der Waals surface area contributed by atoms with E-state index in [2.05, 4.69) is 13.2 Å². The third kappa shape index (κ3) is 2.44. The first-order chi connectivity index (χ1) is 6.22. The molecule has 0 aliphatic heterocycles. The molecule has 2 heteroatoms. The lowest BCUT2D eigenvalue weighted by Crippen LogP contribution is -2.34. The van der Waals surface area contributed by atoms with Crippen LogP contribution in [0.15, 0.2) is 25.3 Å². The molecule has 0 radical (unpaired) electrons. The molecule has 0 unspecified atom stereocenters. The molecular formula is C11H16O2. The highest BCUT2D eigenvalue weighted by Crippen LogP contribution is 2.32. The molecule has 1 fully saturated rings. The van der Waals surface area contributed by atoms with E-state index in [0.717, 1.165) is 25.7 Å². The summed E-state index contributed by atoms with van der Waals surface area (Å²) < 4.78 is 5.30. The Bertz CT molecular complexity index is 212. The van der Waals surface area contributed by atoms with Gasteiger partial charge >= 0.3 is 5.97 Å². The molecule has 0 saturated heterocycles. The summed E-state index contributed by atoms with van der Waals surface area (Å²) >= 11 is 0. The minimum Gasteiger partial charge on any atom is -0.452 e. The van der Waals surface area contributed by atoms with Crippen molar-refractivity contribution < 1.29 is 9.53 Å². The van der Waals surface area contributed by atoms with E-state index in [0.29, 0.717) is 0 Å². The summed E-state index contributed by atoms with van der Waals surface area (Å²) in [6, 6.07) is 0. The quantitative estimate of drug-likeness (QED) is 0.379. The molecule has 0 heterocycles. The van der Waals surface area contributed by atoms with Gasteiger partial charge in [-0.15, -0.1) is 0 Å². The number of hydrogen-bond acceptors (Lipinski definition) is 2. The van der Waals surface area contributed by atoms with Gasteiger partial charge in [0.2, 0.25) is 0 Å². The van der Waals surface area contributed by atoms with Crippen LogP contribution in [0.25, 0.3) is 0 Å². The van der Waals surface area contributed by atoms with Crippen LogP contribution < -0.4 is 0 Å². The predicted molar refractivity (Wildman–Crippen MR) is 52.3 cm³/mol. The van der Waals surface area contributed by atoms with Crippen molar-refractivity contribution in [2.75, 3.05) is 0 Å². The molecule has 0 N–H and O–H groups in total. The fraction of sp³-hybridized carbons (Fsp3) is 0.545. The Labute approximate surface area is 79.3 Å². The molecule has 2 nitrogen and oxygen atoms in total. The molecule has 0 aromatic heterocycles. The summed E-state index contributed by atoms with van der Waals surface area (Å²) in [6.07, 6.45) is 8.20. The van der Waals surface area contributed by atoms with E-state index < -0.39 is 5.60 Å². The van der Waals surface area contributed by atoms with E-state index >= 15 is 0 Å². The number of ether oxygens (including phenoxy) is 1. The molecular weight excluding hydrogens is 164 g/mol. The monoisotopic (exact) mass is 180 g/mol. The Morgan fingerprint density at radius 1 is 1.23 bits per heavy atom. The minimum absolute atomic E-state index is 0.346. The van der Waals surface area contributed by atoms with E-state index in [9.17, 15) is 4.79 Å². The van der Waals surface area contributed by atoms with Gasteiger partial charge in [0.15, 0.2) is 0 Å². The second-order valence-corrected chi connectivity index (χ2v) is 3.45. The zero-order chi connectivity index (χ0) is 9.73. The molecule has 1 rings (SSSR count). The topological polar surface area (TPSA) is 26.3 Å². The van der Waals surface area contributed by atoms with Crippen molar-refractivity contribution in [3.8, 4) is 0 Å². The standard InChI is InChI=1S/C11H16O2/c1-3-10(12)13-11(4-2)8-6-5-7-9-11/h3-4H,1-2,5-9H2. The summed E-state index contributed by atoms with van der Waals surface area (Å²) in [5.41, 5.74) is -0.413. The third-order valence-electron chi connectivity index (χ3n) is 2.54. The van der Waals surface area contributed by atoms with Crippen molar-refractivity contribution >= 4 is 5.97 Å². The van der Waals surface area contributed by atoms with Crippen molar-refractivity contribution in [1.29, 1.82) is 0 Å². The molecule has 13 heavy (non-hydrogen) atoms. The number of esters is 1. The maximum atomic E-state index is 11.1. The van der Waals surface area contributed by atoms with Crippen molar-refractivity contribution in [3.05, 3.63) is 25.3 Å². The summed E-state index contributed by atoms with van der Waals surface area (Å²) in [4.78, 5) is 11.1. The minimum atomic E-state index is -0.413. The average molecular weight is 180 g/mol. The van der Waals surface area contributed by atoms with Crippen molar-refractivity contribution in [2.45, 2.75) is 37.7 Å². The van der Waals surface area contributed by atoms with Gasteiger partial charge in [0.05, 0.1) is 0 Å². The van der Waals surface area contributed by atoms with Crippen LogP contribution in [0.1, 0.15) is 32.1 Å². The maximum absolute atomic E-state index is 11.1. The van der Waals surface area contributed by atoms with Gasteiger partial charge in [-0.05, 0) is 31.8 Å². The second kappa shape index (κ2) is 4.26. The molecule has 0 aromatic rings. The highest BCUT2D eigenvalue weighted by Gasteiger charge is 2.31. The maximum Gasteiger partial charge on any atom is 0.331 e. The van der Waals surface area contributed by atoms with Gasteiger partial charge < -0.3 is 4.74 Å². The van der Waals surface area contributed by atoms with Crippen molar-refractivity contribution in [2.24, 2.45) is 0 Å². The van der Waals surface area contributed by atoms with E-state index in [1.165, 1.54) is 12.5 Å². The van der Waals surface area contributed by atoms with Crippen LogP contribution in [0.3, 0.4) is 0 Å². The molecule has 1 aliphatic rings. The molecule has 0 bridgehead atoms. The molecule has 0 aromatic carbocycles. The fourth-order valence-electron chi connectivity index (χ4n) is 1.74. The van der Waals surface area contributed by atoms with E-state index in [-0.39, 0.29) is 5.97 Å².